The molecule has 2 heteroatoms. The number of hydrazine groups is 1. The van der Waals surface area contributed by atoms with Crippen molar-refractivity contribution in [3.63, 3.8) is 0 Å². The van der Waals surface area contributed by atoms with Gasteiger partial charge in [-0.3, -0.25) is 11.3 Å². The maximum absolute atomic E-state index is 5.09. The van der Waals surface area contributed by atoms with Crippen LogP contribution in [0.5, 0.6) is 0 Å². The Balaban J connectivity index is 2.60. The van der Waals surface area contributed by atoms with E-state index in [0.29, 0.717) is 0 Å². The van der Waals surface area contributed by atoms with E-state index in [1.54, 1.807) is 0 Å². The normalized spacial score (nSPS) is 10.0. The number of nitrogens with two attached hydrogens (primary N) is 1. The predicted octanol–water partition coefficient (Wildman–Crippen LogP) is 1.42. The van der Waals surface area contributed by atoms with Gasteiger partial charge in [-0.05, 0) is 6.42 Å². The summed E-state index contributed by atoms with van der Waals surface area (Å²) in [7, 11) is 0. The molecule has 0 aliphatic rings. The fourth-order valence-corrected chi connectivity index (χ4v) is 0.831. The topological polar surface area (TPSA) is 38.0 Å². The SMILES string of the molecule is CCCCCCCNN. The first-order valence-electron chi connectivity index (χ1n) is 3.85. The molecule has 0 aliphatic heterocycles. The Hall–Kier alpha value is -0.0800. The van der Waals surface area contributed by atoms with E-state index in [2.05, 4.69) is 12.3 Å². The Kier molecular flexibility index (Phi) is 7.85. The lowest BCUT2D eigenvalue weighted by atomic mass is 10.2. The molecule has 0 aliphatic carbocycles. The summed E-state index contributed by atoms with van der Waals surface area (Å²) in [5, 5.41) is 0. The molecule has 0 saturated heterocycles. The molecule has 0 rings (SSSR count). The minimum Gasteiger partial charge on any atom is -0.271 e. The molecule has 56 valence electrons. The van der Waals surface area contributed by atoms with Crippen molar-refractivity contribution < 1.29 is 0 Å². The number of unbranched alkanes of at least 4 members (excludes halogenated alkanes) is 4. The Labute approximate surface area is 57.8 Å². The fraction of sp³-hybridized carbons (Fsp3) is 1.00. The van der Waals surface area contributed by atoms with E-state index < -0.39 is 0 Å². The standard InChI is InChI=1S/C7H18N2/c1-2-3-4-5-6-7-9-8/h9H,2-8H2,1H3. The fourth-order valence-electron chi connectivity index (χ4n) is 0.831. The second-order valence-corrected chi connectivity index (χ2v) is 2.37. The van der Waals surface area contributed by atoms with Crippen LogP contribution in [0.3, 0.4) is 0 Å². The lowest BCUT2D eigenvalue weighted by molar-refractivity contribution is 0.595. The van der Waals surface area contributed by atoms with Crippen LogP contribution >= 0.6 is 0 Å². The Morgan fingerprint density at radius 3 is 2.33 bits per heavy atom. The van der Waals surface area contributed by atoms with E-state index in [1.807, 2.05) is 0 Å². The zero-order valence-corrected chi connectivity index (χ0v) is 6.32. The summed E-state index contributed by atoms with van der Waals surface area (Å²) in [6, 6.07) is 0. The molecule has 0 unspecified atom stereocenters. The van der Waals surface area contributed by atoms with Gasteiger partial charge < -0.3 is 0 Å². The highest BCUT2D eigenvalue weighted by Gasteiger charge is 1.85. The second-order valence-electron chi connectivity index (χ2n) is 2.37. The van der Waals surface area contributed by atoms with Gasteiger partial charge >= 0.3 is 0 Å². The molecule has 0 aromatic rings. The molecule has 0 bridgehead atoms. The van der Waals surface area contributed by atoms with Crippen LogP contribution in [0.2, 0.25) is 0 Å². The summed E-state index contributed by atoms with van der Waals surface area (Å²) < 4.78 is 0. The molecule has 0 saturated carbocycles. The third kappa shape index (κ3) is 7.92. The van der Waals surface area contributed by atoms with Crippen LogP contribution in [-0.4, -0.2) is 6.54 Å². The monoisotopic (exact) mass is 130 g/mol. The van der Waals surface area contributed by atoms with Gasteiger partial charge in [0.1, 0.15) is 0 Å². The maximum Gasteiger partial charge on any atom is 0.00974 e. The molecule has 0 spiro atoms. The molecular formula is C7H18N2. The van der Waals surface area contributed by atoms with E-state index in [4.69, 9.17) is 5.84 Å². The molecule has 2 nitrogen and oxygen atoms in total. The lowest BCUT2D eigenvalue weighted by Gasteiger charge is -1.97. The molecular weight excluding hydrogens is 112 g/mol. The predicted molar refractivity (Wildman–Crippen MR) is 40.9 cm³/mol. The third-order valence-electron chi connectivity index (χ3n) is 1.42. The van der Waals surface area contributed by atoms with E-state index in [0.717, 1.165) is 6.54 Å². The molecule has 0 aromatic heterocycles. The Bertz CT molecular complexity index is 40.2. The minimum atomic E-state index is 0.962. The summed E-state index contributed by atoms with van der Waals surface area (Å²) in [5.41, 5.74) is 2.64. The number of hydrogen-bond acceptors (Lipinski definition) is 2. The highest BCUT2D eigenvalue weighted by atomic mass is 15.2. The Morgan fingerprint density at radius 1 is 1.11 bits per heavy atom. The van der Waals surface area contributed by atoms with Gasteiger partial charge in [-0.2, -0.15) is 0 Å². The first kappa shape index (κ1) is 8.92. The van der Waals surface area contributed by atoms with E-state index in [9.17, 15) is 0 Å². The summed E-state index contributed by atoms with van der Waals surface area (Å²) >= 11 is 0. The highest BCUT2D eigenvalue weighted by molar-refractivity contribution is 4.42. The summed E-state index contributed by atoms with van der Waals surface area (Å²) in [6.45, 7) is 3.19. The molecule has 0 fully saturated rings. The van der Waals surface area contributed by atoms with Crippen molar-refractivity contribution in [2.75, 3.05) is 6.54 Å². The largest absolute Gasteiger partial charge is 0.271 e. The van der Waals surface area contributed by atoms with Crippen LogP contribution in [0, 0.1) is 0 Å². The van der Waals surface area contributed by atoms with Crippen molar-refractivity contribution in [3.05, 3.63) is 0 Å². The number of nitrogens with one attached hydrogen (secondary N) is 1. The maximum atomic E-state index is 5.09. The van der Waals surface area contributed by atoms with Crippen molar-refractivity contribution in [1.29, 1.82) is 0 Å². The summed E-state index contributed by atoms with van der Waals surface area (Å²) in [6.07, 6.45) is 6.58. The molecule has 0 radical (unpaired) electrons. The van der Waals surface area contributed by atoms with Gasteiger partial charge in [0.25, 0.3) is 0 Å². The van der Waals surface area contributed by atoms with Gasteiger partial charge in [0.2, 0.25) is 0 Å². The van der Waals surface area contributed by atoms with Crippen LogP contribution in [0.1, 0.15) is 39.0 Å². The van der Waals surface area contributed by atoms with Gasteiger partial charge in [0, 0.05) is 6.54 Å². The average Bonchev–Trinajstić information content (AvgIpc) is 1.89. The second kappa shape index (κ2) is 7.92. The smallest absolute Gasteiger partial charge is 0.00974 e. The van der Waals surface area contributed by atoms with Gasteiger partial charge in [0.05, 0.1) is 0 Å². The lowest BCUT2D eigenvalue weighted by Crippen LogP contribution is -2.22. The quantitative estimate of drug-likeness (QED) is 0.324. The molecule has 0 aromatic carbocycles. The van der Waals surface area contributed by atoms with Crippen LogP contribution < -0.4 is 11.3 Å². The van der Waals surface area contributed by atoms with Gasteiger partial charge in [0.15, 0.2) is 0 Å². The van der Waals surface area contributed by atoms with Crippen LogP contribution in [-0.2, 0) is 0 Å². The van der Waals surface area contributed by atoms with Gasteiger partial charge in [-0.1, -0.05) is 32.6 Å². The average molecular weight is 130 g/mol. The van der Waals surface area contributed by atoms with Crippen molar-refractivity contribution in [1.82, 2.24) is 5.43 Å². The van der Waals surface area contributed by atoms with Crippen molar-refractivity contribution >= 4 is 0 Å². The van der Waals surface area contributed by atoms with E-state index in [1.165, 1.54) is 32.1 Å². The molecule has 0 heterocycles. The first-order chi connectivity index (χ1) is 4.41. The Morgan fingerprint density at radius 2 is 1.78 bits per heavy atom. The molecule has 0 atom stereocenters. The summed E-state index contributed by atoms with van der Waals surface area (Å²) in [5.74, 6) is 5.09. The zero-order valence-electron chi connectivity index (χ0n) is 6.32. The van der Waals surface area contributed by atoms with E-state index >= 15 is 0 Å². The van der Waals surface area contributed by atoms with Crippen molar-refractivity contribution in [2.45, 2.75) is 39.0 Å². The van der Waals surface area contributed by atoms with Gasteiger partial charge in [-0.15, -0.1) is 0 Å². The van der Waals surface area contributed by atoms with Crippen LogP contribution in [0.25, 0.3) is 0 Å². The highest BCUT2D eigenvalue weighted by Crippen LogP contribution is 2.00. The van der Waals surface area contributed by atoms with E-state index in [-0.39, 0.29) is 0 Å². The van der Waals surface area contributed by atoms with Gasteiger partial charge in [-0.25, -0.2) is 0 Å². The number of rotatable bonds is 6. The van der Waals surface area contributed by atoms with Crippen LogP contribution in [0.4, 0.5) is 0 Å². The molecule has 9 heavy (non-hydrogen) atoms. The van der Waals surface area contributed by atoms with Crippen molar-refractivity contribution in [2.24, 2.45) is 5.84 Å². The third-order valence-corrected chi connectivity index (χ3v) is 1.42. The zero-order chi connectivity index (χ0) is 6.95. The van der Waals surface area contributed by atoms with Crippen LogP contribution in [0.15, 0.2) is 0 Å². The summed E-state index contributed by atoms with van der Waals surface area (Å²) in [4.78, 5) is 0. The first-order valence-corrected chi connectivity index (χ1v) is 3.85. The number of hydrogen-bond donors (Lipinski definition) is 2. The molecule has 3 N–H and O–H groups in total. The molecule has 0 amide bonds. The van der Waals surface area contributed by atoms with Crippen molar-refractivity contribution in [3.8, 4) is 0 Å². The minimum absolute atomic E-state index is 0.962.